The van der Waals surface area contributed by atoms with Crippen molar-refractivity contribution in [2.45, 2.75) is 19.9 Å². The summed E-state index contributed by atoms with van der Waals surface area (Å²) in [7, 11) is 1.84. The van der Waals surface area contributed by atoms with Crippen LogP contribution in [-0.2, 0) is 29.5 Å². The smallest absolute Gasteiger partial charge is 0.327 e. The van der Waals surface area contributed by atoms with Crippen LogP contribution in [0.25, 0.3) is 32.9 Å². The van der Waals surface area contributed by atoms with Crippen molar-refractivity contribution in [1.82, 2.24) is 19.6 Å². The highest BCUT2D eigenvalue weighted by molar-refractivity contribution is 5.99. The number of hydrogen-bond donors (Lipinski definition) is 0. The molecule has 0 bridgehead atoms. The fourth-order valence-corrected chi connectivity index (χ4v) is 4.27. The van der Waals surface area contributed by atoms with E-state index in [1.54, 1.807) is 22.5 Å². The Labute approximate surface area is 190 Å². The Morgan fingerprint density at radius 2 is 1.85 bits per heavy atom. The van der Waals surface area contributed by atoms with Gasteiger partial charge in [-0.15, -0.1) is 0 Å². The van der Waals surface area contributed by atoms with Crippen LogP contribution in [0.4, 0.5) is 4.39 Å². The van der Waals surface area contributed by atoms with Gasteiger partial charge in [0.2, 0.25) is 0 Å². The highest BCUT2D eigenvalue weighted by atomic mass is 19.1. The summed E-state index contributed by atoms with van der Waals surface area (Å²) >= 11 is 0. The van der Waals surface area contributed by atoms with Crippen molar-refractivity contribution in [3.63, 3.8) is 0 Å². The molecule has 2 aromatic heterocycles. The van der Waals surface area contributed by atoms with E-state index in [-0.39, 0.29) is 18.3 Å². The molecule has 0 atom stereocenters. The van der Waals surface area contributed by atoms with E-state index < -0.39 is 0 Å². The van der Waals surface area contributed by atoms with Crippen LogP contribution in [0.2, 0.25) is 0 Å². The van der Waals surface area contributed by atoms with Crippen LogP contribution >= 0.6 is 0 Å². The molecule has 0 N–H and O–H groups in total. The number of halogens is 1. The normalized spacial score (nSPS) is 11.4. The van der Waals surface area contributed by atoms with E-state index in [2.05, 4.69) is 5.10 Å². The van der Waals surface area contributed by atoms with Crippen molar-refractivity contribution >= 4 is 27.8 Å². The molecule has 7 heteroatoms. The second-order valence-corrected chi connectivity index (χ2v) is 7.93. The lowest BCUT2D eigenvalue weighted by Crippen LogP contribution is -2.14. The zero-order valence-electron chi connectivity index (χ0n) is 18.5. The molecular formula is C26H23FN4O2. The number of rotatable bonds is 6. The summed E-state index contributed by atoms with van der Waals surface area (Å²) in [4.78, 5) is 12.2. The van der Waals surface area contributed by atoms with Crippen LogP contribution in [0, 0.1) is 5.82 Å². The number of hydrogen-bond acceptors (Lipinski definition) is 4. The second-order valence-electron chi connectivity index (χ2n) is 7.93. The zero-order valence-corrected chi connectivity index (χ0v) is 18.5. The van der Waals surface area contributed by atoms with Gasteiger partial charge in [0, 0.05) is 29.8 Å². The summed E-state index contributed by atoms with van der Waals surface area (Å²) in [5, 5.41) is 10.6. The van der Waals surface area contributed by atoms with Crippen molar-refractivity contribution in [2.24, 2.45) is 7.05 Å². The molecule has 33 heavy (non-hydrogen) atoms. The van der Waals surface area contributed by atoms with Crippen LogP contribution < -0.4 is 0 Å². The maximum Gasteiger partial charge on any atom is 0.327 e. The van der Waals surface area contributed by atoms with E-state index in [1.807, 2.05) is 61.6 Å². The maximum absolute atomic E-state index is 15.3. The maximum atomic E-state index is 15.3. The minimum Gasteiger partial charge on any atom is -0.465 e. The topological polar surface area (TPSA) is 61.9 Å². The van der Waals surface area contributed by atoms with E-state index >= 15 is 4.39 Å². The fraction of sp³-hybridized carbons (Fsp3) is 0.192. The van der Waals surface area contributed by atoms with Crippen LogP contribution in [-0.4, -0.2) is 32.1 Å². The lowest BCUT2D eigenvalue weighted by Gasteiger charge is -2.09. The minimum absolute atomic E-state index is 0.00810. The lowest BCUT2D eigenvalue weighted by molar-refractivity contribution is -0.143. The molecule has 5 aromatic rings. The molecule has 166 valence electrons. The predicted molar refractivity (Wildman–Crippen MR) is 125 cm³/mol. The summed E-state index contributed by atoms with van der Waals surface area (Å²) in [6.45, 7) is 2.07. The highest BCUT2D eigenvalue weighted by Gasteiger charge is 2.20. The van der Waals surface area contributed by atoms with Crippen LogP contribution in [0.1, 0.15) is 18.2 Å². The Morgan fingerprint density at radius 3 is 2.64 bits per heavy atom. The Morgan fingerprint density at radius 1 is 1.03 bits per heavy atom. The number of aromatic nitrogens is 4. The summed E-state index contributed by atoms with van der Waals surface area (Å²) in [6.07, 6.45) is 2.21. The highest BCUT2D eigenvalue weighted by Crippen LogP contribution is 2.35. The molecule has 0 aliphatic heterocycles. The van der Waals surface area contributed by atoms with Gasteiger partial charge in [-0.05, 0) is 36.2 Å². The first-order valence-corrected chi connectivity index (χ1v) is 10.8. The fourth-order valence-electron chi connectivity index (χ4n) is 4.27. The van der Waals surface area contributed by atoms with E-state index in [4.69, 9.17) is 9.84 Å². The van der Waals surface area contributed by atoms with Gasteiger partial charge in [0.05, 0.1) is 29.5 Å². The van der Waals surface area contributed by atoms with Crippen LogP contribution in [0.15, 0.2) is 66.9 Å². The molecule has 0 fully saturated rings. The Hall–Kier alpha value is -4.00. The van der Waals surface area contributed by atoms with Gasteiger partial charge in [-0.2, -0.15) is 10.2 Å². The Kier molecular flexibility index (Phi) is 5.38. The first-order chi connectivity index (χ1) is 16.0. The molecule has 0 aliphatic carbocycles. The third-order valence-electron chi connectivity index (χ3n) is 5.77. The van der Waals surface area contributed by atoms with E-state index in [9.17, 15) is 4.79 Å². The van der Waals surface area contributed by atoms with Gasteiger partial charge in [0.1, 0.15) is 12.4 Å². The van der Waals surface area contributed by atoms with Gasteiger partial charge in [-0.1, -0.05) is 42.5 Å². The molecule has 2 heterocycles. The quantitative estimate of drug-likeness (QED) is 0.352. The van der Waals surface area contributed by atoms with E-state index in [1.165, 1.54) is 6.07 Å². The largest absolute Gasteiger partial charge is 0.465 e. The minimum atomic E-state index is -0.360. The van der Waals surface area contributed by atoms with E-state index in [0.717, 1.165) is 38.6 Å². The van der Waals surface area contributed by atoms with Gasteiger partial charge >= 0.3 is 5.97 Å². The molecule has 6 nitrogen and oxygen atoms in total. The summed E-state index contributed by atoms with van der Waals surface area (Å²) in [5.41, 5.74) is 4.66. The molecule has 0 spiro atoms. The van der Waals surface area contributed by atoms with Crippen molar-refractivity contribution in [3.8, 4) is 11.1 Å². The summed E-state index contributed by atoms with van der Waals surface area (Å²) in [6, 6.07) is 19.0. The van der Waals surface area contributed by atoms with E-state index in [0.29, 0.717) is 18.6 Å². The summed E-state index contributed by atoms with van der Waals surface area (Å²) in [5.74, 6) is -0.687. The number of nitrogens with zero attached hydrogens (tertiary/aromatic N) is 4. The Bertz CT molecular complexity index is 1470. The van der Waals surface area contributed by atoms with Crippen LogP contribution in [0.5, 0.6) is 0 Å². The van der Waals surface area contributed by atoms with Gasteiger partial charge in [0.25, 0.3) is 0 Å². The third kappa shape index (κ3) is 3.86. The number of carbonyl (C=O) groups is 1. The Balaban J connectivity index is 1.72. The molecule has 5 rings (SSSR count). The van der Waals surface area contributed by atoms with Gasteiger partial charge in [-0.25, -0.2) is 4.39 Å². The molecule has 0 saturated heterocycles. The molecule has 0 aliphatic rings. The zero-order chi connectivity index (χ0) is 22.9. The average molecular weight is 442 g/mol. The number of carbonyl (C=O) groups excluding carboxylic acids is 1. The first kappa shape index (κ1) is 20.9. The van der Waals surface area contributed by atoms with Crippen LogP contribution in [0.3, 0.4) is 0 Å². The number of aryl methyl sites for hydroxylation is 1. The van der Waals surface area contributed by atoms with Crippen molar-refractivity contribution < 1.29 is 13.9 Å². The molecule has 0 radical (unpaired) electrons. The standard InChI is InChI=1S/C26H23FN4O2/c1-3-33-25(32)16-31-23-11-7-10-19(20-14-24-18(13-21(20)27)15-28-30(24)2)26(23)22(29-31)12-17-8-5-4-6-9-17/h4-11,13-15H,3,12,16H2,1-2H3. The molecule has 0 saturated carbocycles. The third-order valence-corrected chi connectivity index (χ3v) is 5.77. The first-order valence-electron chi connectivity index (χ1n) is 10.8. The van der Waals surface area contributed by atoms with Crippen molar-refractivity contribution in [1.29, 1.82) is 0 Å². The predicted octanol–water partition coefficient (Wildman–Crippen LogP) is 4.88. The van der Waals surface area contributed by atoms with Crippen molar-refractivity contribution in [3.05, 3.63) is 83.9 Å². The molecule has 3 aromatic carbocycles. The number of esters is 1. The van der Waals surface area contributed by atoms with Gasteiger partial charge in [0.15, 0.2) is 0 Å². The van der Waals surface area contributed by atoms with Gasteiger partial charge < -0.3 is 4.74 Å². The molecule has 0 amide bonds. The number of benzene rings is 3. The summed E-state index contributed by atoms with van der Waals surface area (Å²) < 4.78 is 23.8. The number of ether oxygens (including phenoxy) is 1. The second kappa shape index (κ2) is 8.50. The molecule has 0 unspecified atom stereocenters. The van der Waals surface area contributed by atoms with Crippen molar-refractivity contribution in [2.75, 3.05) is 6.61 Å². The number of fused-ring (bicyclic) bond motifs is 2. The lowest BCUT2D eigenvalue weighted by atomic mass is 9.96. The SMILES string of the molecule is CCOC(=O)Cn1nc(Cc2ccccc2)c2c(-c3cc4c(cnn4C)cc3F)cccc21. The molecular weight excluding hydrogens is 419 g/mol. The monoisotopic (exact) mass is 442 g/mol. The van der Waals surface area contributed by atoms with Gasteiger partial charge in [-0.3, -0.25) is 14.2 Å². The average Bonchev–Trinajstić information content (AvgIpc) is 3.34.